The second kappa shape index (κ2) is 8.14. The summed E-state index contributed by atoms with van der Waals surface area (Å²) in [6.07, 6.45) is 1.49. The van der Waals surface area contributed by atoms with Crippen LogP contribution in [0.1, 0.15) is 29.2 Å². The molecule has 1 N–H and O–H groups in total. The lowest BCUT2D eigenvalue weighted by Gasteiger charge is -2.32. The number of amides is 1. The van der Waals surface area contributed by atoms with Crippen LogP contribution < -0.4 is 10.4 Å². The highest BCUT2D eigenvalue weighted by Crippen LogP contribution is 2.27. The van der Waals surface area contributed by atoms with Crippen molar-refractivity contribution in [2.75, 3.05) is 13.1 Å². The van der Waals surface area contributed by atoms with Crippen molar-refractivity contribution in [1.29, 1.82) is 0 Å². The number of aromatic amines is 1. The van der Waals surface area contributed by atoms with Gasteiger partial charge in [0.15, 0.2) is 0 Å². The second-order valence-corrected chi connectivity index (χ2v) is 7.78. The van der Waals surface area contributed by atoms with Crippen LogP contribution in [0.2, 0.25) is 0 Å². The van der Waals surface area contributed by atoms with E-state index in [1.165, 1.54) is 0 Å². The molecule has 0 unspecified atom stereocenters. The van der Waals surface area contributed by atoms with E-state index >= 15 is 0 Å². The van der Waals surface area contributed by atoms with E-state index in [9.17, 15) is 9.59 Å². The van der Waals surface area contributed by atoms with Crippen molar-refractivity contribution < 1.29 is 9.53 Å². The lowest BCUT2D eigenvalue weighted by atomic mass is 10.0. The van der Waals surface area contributed by atoms with Gasteiger partial charge in [0.05, 0.1) is 11.0 Å². The Morgan fingerprint density at radius 3 is 2.39 bits per heavy atom. The zero-order chi connectivity index (χ0) is 21.2. The van der Waals surface area contributed by atoms with Crippen molar-refractivity contribution in [1.82, 2.24) is 14.5 Å². The molecule has 6 heteroatoms. The number of nitrogens with one attached hydrogen (secondary N) is 1. The van der Waals surface area contributed by atoms with E-state index in [-0.39, 0.29) is 17.6 Å². The van der Waals surface area contributed by atoms with Crippen LogP contribution in [0.5, 0.6) is 11.5 Å². The molecule has 4 aromatic rings. The number of nitrogens with zero attached hydrogens (tertiary/aromatic N) is 2. The fraction of sp³-hybridized carbons (Fsp3) is 0.200. The van der Waals surface area contributed by atoms with E-state index in [0.29, 0.717) is 24.4 Å². The molecule has 1 saturated heterocycles. The summed E-state index contributed by atoms with van der Waals surface area (Å²) in [6, 6.07) is 24.6. The molecular formula is C25H23N3O3. The highest BCUT2D eigenvalue weighted by Gasteiger charge is 2.26. The number of hydrogen-bond acceptors (Lipinski definition) is 3. The number of aromatic nitrogens is 2. The number of hydrogen-bond donors (Lipinski definition) is 1. The maximum absolute atomic E-state index is 13.1. The molecule has 1 aliphatic heterocycles. The summed E-state index contributed by atoms with van der Waals surface area (Å²) >= 11 is 0. The Morgan fingerprint density at radius 2 is 1.58 bits per heavy atom. The first kappa shape index (κ1) is 19.2. The van der Waals surface area contributed by atoms with Crippen molar-refractivity contribution in [3.63, 3.8) is 0 Å². The smallest absolute Gasteiger partial charge is 0.326 e. The number of rotatable bonds is 4. The molecule has 1 aromatic heterocycles. The fourth-order valence-corrected chi connectivity index (χ4v) is 4.26. The standard InChI is InChI=1S/C25H23N3O3/c29-24(18-7-6-10-21(17-18)31-20-8-2-1-3-9-20)27-15-13-19(14-16-27)28-23-12-5-4-11-22(23)26-25(28)30/h1-12,17,19H,13-16H2,(H,26,30). The Hall–Kier alpha value is -3.80. The largest absolute Gasteiger partial charge is 0.457 e. The topological polar surface area (TPSA) is 67.3 Å². The number of benzene rings is 3. The maximum Gasteiger partial charge on any atom is 0.326 e. The van der Waals surface area contributed by atoms with Gasteiger partial charge < -0.3 is 14.6 Å². The summed E-state index contributed by atoms with van der Waals surface area (Å²) in [5.74, 6) is 1.36. The van der Waals surface area contributed by atoms with E-state index in [0.717, 1.165) is 29.6 Å². The number of carbonyl (C=O) groups is 1. The molecule has 0 saturated carbocycles. The molecule has 1 amide bonds. The average molecular weight is 413 g/mol. The van der Waals surface area contributed by atoms with Crippen molar-refractivity contribution in [3.05, 3.63) is 94.9 Å². The number of fused-ring (bicyclic) bond motifs is 1. The third-order valence-corrected chi connectivity index (χ3v) is 5.80. The summed E-state index contributed by atoms with van der Waals surface area (Å²) in [7, 11) is 0. The predicted molar refractivity (Wildman–Crippen MR) is 120 cm³/mol. The average Bonchev–Trinajstić information content (AvgIpc) is 3.15. The van der Waals surface area contributed by atoms with Crippen LogP contribution in [-0.2, 0) is 0 Å². The van der Waals surface area contributed by atoms with E-state index < -0.39 is 0 Å². The number of H-pyrrole nitrogens is 1. The van der Waals surface area contributed by atoms with Crippen LogP contribution in [-0.4, -0.2) is 33.4 Å². The molecule has 156 valence electrons. The molecule has 0 aliphatic carbocycles. The molecule has 0 atom stereocenters. The molecule has 2 heterocycles. The van der Waals surface area contributed by atoms with Crippen LogP contribution in [0, 0.1) is 0 Å². The Kier molecular flexibility index (Phi) is 5.04. The molecule has 6 nitrogen and oxygen atoms in total. The molecular weight excluding hydrogens is 390 g/mol. The predicted octanol–water partition coefficient (Wildman–Crippen LogP) is 4.60. The van der Waals surface area contributed by atoms with E-state index in [1.54, 1.807) is 6.07 Å². The summed E-state index contributed by atoms with van der Waals surface area (Å²) in [6.45, 7) is 1.22. The number of likely N-dealkylation sites (tertiary alicyclic amines) is 1. The van der Waals surface area contributed by atoms with Crippen molar-refractivity contribution >= 4 is 16.9 Å². The first-order valence-corrected chi connectivity index (χ1v) is 10.5. The minimum atomic E-state index is -0.0864. The minimum Gasteiger partial charge on any atom is -0.457 e. The van der Waals surface area contributed by atoms with Crippen molar-refractivity contribution in [2.45, 2.75) is 18.9 Å². The Labute approximate surface area is 179 Å². The van der Waals surface area contributed by atoms with Gasteiger partial charge in [0.25, 0.3) is 5.91 Å². The number of imidazole rings is 1. The SMILES string of the molecule is O=C(c1cccc(Oc2ccccc2)c1)N1CCC(n2c(=O)[nH]c3ccccc32)CC1. The van der Waals surface area contributed by atoms with Gasteiger partial charge >= 0.3 is 5.69 Å². The highest BCUT2D eigenvalue weighted by atomic mass is 16.5. The van der Waals surface area contributed by atoms with Gasteiger partial charge in [0.2, 0.25) is 0 Å². The lowest BCUT2D eigenvalue weighted by Crippen LogP contribution is -2.40. The summed E-state index contributed by atoms with van der Waals surface area (Å²) in [5.41, 5.74) is 2.29. The number of piperidine rings is 1. The quantitative estimate of drug-likeness (QED) is 0.532. The van der Waals surface area contributed by atoms with Crippen LogP contribution in [0.15, 0.2) is 83.7 Å². The van der Waals surface area contributed by atoms with Gasteiger partial charge in [-0.15, -0.1) is 0 Å². The van der Waals surface area contributed by atoms with Gasteiger partial charge in [-0.1, -0.05) is 36.4 Å². The Bertz CT molecular complexity index is 1270. The van der Waals surface area contributed by atoms with E-state index in [2.05, 4.69) is 4.98 Å². The van der Waals surface area contributed by atoms with Gasteiger partial charge in [-0.2, -0.15) is 0 Å². The second-order valence-electron chi connectivity index (χ2n) is 7.78. The Morgan fingerprint density at radius 1 is 0.871 bits per heavy atom. The van der Waals surface area contributed by atoms with Crippen molar-refractivity contribution in [2.24, 2.45) is 0 Å². The monoisotopic (exact) mass is 413 g/mol. The van der Waals surface area contributed by atoms with Gasteiger partial charge in [-0.25, -0.2) is 4.79 Å². The zero-order valence-electron chi connectivity index (χ0n) is 17.0. The van der Waals surface area contributed by atoms with Crippen LogP contribution in [0.25, 0.3) is 11.0 Å². The van der Waals surface area contributed by atoms with Gasteiger partial charge in [0, 0.05) is 24.7 Å². The van der Waals surface area contributed by atoms with Crippen LogP contribution in [0.4, 0.5) is 0 Å². The van der Waals surface area contributed by atoms with Crippen molar-refractivity contribution in [3.8, 4) is 11.5 Å². The molecule has 5 rings (SSSR count). The molecule has 0 bridgehead atoms. The molecule has 0 radical (unpaired) electrons. The molecule has 0 spiro atoms. The third-order valence-electron chi connectivity index (χ3n) is 5.80. The normalized spacial score (nSPS) is 14.6. The highest BCUT2D eigenvalue weighted by molar-refractivity contribution is 5.94. The Balaban J connectivity index is 1.29. The van der Waals surface area contributed by atoms with Crippen LogP contribution in [0.3, 0.4) is 0 Å². The summed E-state index contributed by atoms with van der Waals surface area (Å²) in [5, 5.41) is 0. The van der Waals surface area contributed by atoms with E-state index in [1.807, 2.05) is 82.3 Å². The first-order chi connectivity index (χ1) is 15.2. The number of para-hydroxylation sites is 3. The molecule has 3 aromatic carbocycles. The maximum atomic E-state index is 13.1. The summed E-state index contributed by atoms with van der Waals surface area (Å²) in [4.78, 5) is 30.3. The fourth-order valence-electron chi connectivity index (χ4n) is 4.26. The summed E-state index contributed by atoms with van der Waals surface area (Å²) < 4.78 is 7.70. The van der Waals surface area contributed by atoms with Crippen LogP contribution >= 0.6 is 0 Å². The zero-order valence-corrected chi connectivity index (χ0v) is 17.0. The van der Waals surface area contributed by atoms with Gasteiger partial charge in [0.1, 0.15) is 11.5 Å². The molecule has 1 fully saturated rings. The van der Waals surface area contributed by atoms with Gasteiger partial charge in [-0.3, -0.25) is 9.36 Å². The number of carbonyl (C=O) groups excluding carboxylic acids is 1. The minimum absolute atomic E-state index is 0.0109. The number of ether oxygens (including phenoxy) is 1. The molecule has 1 aliphatic rings. The first-order valence-electron chi connectivity index (χ1n) is 10.5. The van der Waals surface area contributed by atoms with E-state index in [4.69, 9.17) is 4.74 Å². The lowest BCUT2D eigenvalue weighted by molar-refractivity contribution is 0.0694. The molecule has 31 heavy (non-hydrogen) atoms. The van der Waals surface area contributed by atoms with Gasteiger partial charge in [-0.05, 0) is 55.3 Å². The third kappa shape index (κ3) is 3.84.